The average Bonchev–Trinajstić information content (AvgIpc) is 2.67. The molecular formula is C21H23ClF2N2O4. The second-order valence-corrected chi connectivity index (χ2v) is 6.91. The SMILES string of the molecule is COc1ccc(CCNC(=O)CC(NC(C)=O)c2ccc(Cl)cc2)cc1OC(F)F. The maximum absolute atomic E-state index is 12.5. The molecule has 0 radical (unpaired) electrons. The Morgan fingerprint density at radius 1 is 1.10 bits per heavy atom. The lowest BCUT2D eigenvalue weighted by Gasteiger charge is -2.18. The number of alkyl halides is 2. The van der Waals surface area contributed by atoms with Crippen molar-refractivity contribution in [3.63, 3.8) is 0 Å². The molecule has 0 spiro atoms. The number of rotatable bonds is 10. The zero-order valence-corrected chi connectivity index (χ0v) is 17.3. The third-order valence-corrected chi connectivity index (χ3v) is 4.47. The predicted octanol–water partition coefficient (Wildman–Crippen LogP) is 3.88. The van der Waals surface area contributed by atoms with Crippen LogP contribution in [-0.4, -0.2) is 32.1 Å². The summed E-state index contributed by atoms with van der Waals surface area (Å²) in [6.45, 7) is -1.30. The molecule has 2 aromatic rings. The van der Waals surface area contributed by atoms with Crippen LogP contribution in [-0.2, 0) is 16.0 Å². The van der Waals surface area contributed by atoms with Gasteiger partial charge in [-0.2, -0.15) is 8.78 Å². The van der Waals surface area contributed by atoms with Gasteiger partial charge in [0.2, 0.25) is 11.8 Å². The van der Waals surface area contributed by atoms with E-state index in [1.54, 1.807) is 30.3 Å². The highest BCUT2D eigenvalue weighted by molar-refractivity contribution is 6.30. The number of carbonyl (C=O) groups is 2. The van der Waals surface area contributed by atoms with Crippen molar-refractivity contribution in [2.75, 3.05) is 13.7 Å². The van der Waals surface area contributed by atoms with E-state index < -0.39 is 12.7 Å². The zero-order chi connectivity index (χ0) is 22.1. The van der Waals surface area contributed by atoms with Gasteiger partial charge in [0.15, 0.2) is 11.5 Å². The molecule has 1 unspecified atom stereocenters. The minimum Gasteiger partial charge on any atom is -0.493 e. The Hall–Kier alpha value is -2.87. The molecule has 9 heteroatoms. The number of benzene rings is 2. The molecule has 0 fully saturated rings. The van der Waals surface area contributed by atoms with Crippen molar-refractivity contribution in [3.8, 4) is 11.5 Å². The first-order valence-corrected chi connectivity index (χ1v) is 9.57. The van der Waals surface area contributed by atoms with Gasteiger partial charge in [0.25, 0.3) is 0 Å². The molecule has 0 aromatic heterocycles. The van der Waals surface area contributed by atoms with Crippen molar-refractivity contribution in [3.05, 3.63) is 58.6 Å². The summed E-state index contributed by atoms with van der Waals surface area (Å²) >= 11 is 5.89. The van der Waals surface area contributed by atoms with E-state index in [4.69, 9.17) is 16.3 Å². The smallest absolute Gasteiger partial charge is 0.387 e. The van der Waals surface area contributed by atoms with E-state index in [-0.39, 0.29) is 36.3 Å². The molecule has 30 heavy (non-hydrogen) atoms. The molecule has 2 N–H and O–H groups in total. The van der Waals surface area contributed by atoms with Gasteiger partial charge >= 0.3 is 6.61 Å². The maximum Gasteiger partial charge on any atom is 0.387 e. The van der Waals surface area contributed by atoms with Gasteiger partial charge in [-0.25, -0.2) is 0 Å². The Labute approximate surface area is 178 Å². The topological polar surface area (TPSA) is 76.7 Å². The molecule has 6 nitrogen and oxygen atoms in total. The monoisotopic (exact) mass is 440 g/mol. The highest BCUT2D eigenvalue weighted by Gasteiger charge is 2.17. The molecule has 2 amide bonds. The average molecular weight is 441 g/mol. The Balaban J connectivity index is 1.94. The quantitative estimate of drug-likeness (QED) is 0.588. The van der Waals surface area contributed by atoms with Gasteiger partial charge in [0, 0.05) is 18.5 Å². The van der Waals surface area contributed by atoms with Crippen molar-refractivity contribution < 1.29 is 27.8 Å². The van der Waals surface area contributed by atoms with E-state index in [2.05, 4.69) is 15.4 Å². The Bertz CT molecular complexity index is 863. The number of hydrogen-bond donors (Lipinski definition) is 2. The Morgan fingerprint density at radius 2 is 1.80 bits per heavy atom. The molecule has 0 aliphatic heterocycles. The van der Waals surface area contributed by atoms with E-state index in [9.17, 15) is 18.4 Å². The van der Waals surface area contributed by atoms with E-state index in [1.165, 1.54) is 26.2 Å². The number of methoxy groups -OCH3 is 1. The van der Waals surface area contributed by atoms with E-state index in [0.29, 0.717) is 17.0 Å². The van der Waals surface area contributed by atoms with Gasteiger partial charge < -0.3 is 20.1 Å². The van der Waals surface area contributed by atoms with Crippen LogP contribution in [0.4, 0.5) is 8.78 Å². The van der Waals surface area contributed by atoms with Crippen LogP contribution in [0.2, 0.25) is 5.02 Å². The lowest BCUT2D eigenvalue weighted by Crippen LogP contribution is -2.33. The van der Waals surface area contributed by atoms with Crippen LogP contribution in [0.15, 0.2) is 42.5 Å². The molecule has 0 saturated carbocycles. The Morgan fingerprint density at radius 3 is 2.40 bits per heavy atom. The minimum atomic E-state index is -2.97. The van der Waals surface area contributed by atoms with Crippen molar-refractivity contribution >= 4 is 23.4 Å². The van der Waals surface area contributed by atoms with Gasteiger partial charge in [0.05, 0.1) is 19.6 Å². The Kier molecular flexibility index (Phi) is 8.86. The van der Waals surface area contributed by atoms with Gasteiger partial charge in [-0.1, -0.05) is 29.8 Å². The standard InChI is InChI=1S/C21H23ClF2N2O4/c1-13(27)26-17(15-4-6-16(22)7-5-15)12-20(28)25-10-9-14-3-8-18(29-2)19(11-14)30-21(23)24/h3-8,11,17,21H,9-10,12H2,1-2H3,(H,25,28)(H,26,27). The fraction of sp³-hybridized carbons (Fsp3) is 0.333. The lowest BCUT2D eigenvalue weighted by molar-refractivity contribution is -0.122. The molecule has 2 rings (SSSR count). The molecule has 0 aliphatic carbocycles. The van der Waals surface area contributed by atoms with Crippen molar-refractivity contribution in [2.24, 2.45) is 0 Å². The fourth-order valence-corrected chi connectivity index (χ4v) is 2.99. The number of amides is 2. The zero-order valence-electron chi connectivity index (χ0n) is 16.6. The molecule has 0 saturated heterocycles. The summed E-state index contributed by atoms with van der Waals surface area (Å²) in [6, 6.07) is 11.1. The van der Waals surface area contributed by atoms with Crippen LogP contribution in [0.25, 0.3) is 0 Å². The van der Waals surface area contributed by atoms with Crippen LogP contribution >= 0.6 is 11.6 Å². The number of halogens is 3. The number of hydrogen-bond acceptors (Lipinski definition) is 4. The molecule has 0 heterocycles. The number of ether oxygens (including phenoxy) is 2. The third kappa shape index (κ3) is 7.51. The normalized spacial score (nSPS) is 11.7. The third-order valence-electron chi connectivity index (χ3n) is 4.22. The van der Waals surface area contributed by atoms with E-state index in [1.807, 2.05) is 0 Å². The molecule has 0 bridgehead atoms. The summed E-state index contributed by atoms with van der Waals surface area (Å²) in [4.78, 5) is 23.8. The van der Waals surface area contributed by atoms with E-state index >= 15 is 0 Å². The molecule has 2 aromatic carbocycles. The molecule has 0 aliphatic rings. The summed E-state index contributed by atoms with van der Waals surface area (Å²) in [5, 5.41) is 6.07. The van der Waals surface area contributed by atoms with Crippen molar-refractivity contribution in [2.45, 2.75) is 32.4 Å². The highest BCUT2D eigenvalue weighted by Crippen LogP contribution is 2.29. The van der Waals surface area contributed by atoms with Gasteiger partial charge in [-0.05, 0) is 41.8 Å². The van der Waals surface area contributed by atoms with Crippen LogP contribution in [0, 0.1) is 0 Å². The molecule has 1 atom stereocenters. The lowest BCUT2D eigenvalue weighted by atomic mass is 10.0. The summed E-state index contributed by atoms with van der Waals surface area (Å²) in [6.07, 6.45) is 0.449. The van der Waals surface area contributed by atoms with Gasteiger partial charge in [0.1, 0.15) is 0 Å². The largest absolute Gasteiger partial charge is 0.493 e. The number of carbonyl (C=O) groups excluding carboxylic acids is 2. The van der Waals surface area contributed by atoms with Crippen LogP contribution in [0.1, 0.15) is 30.5 Å². The maximum atomic E-state index is 12.5. The summed E-state index contributed by atoms with van der Waals surface area (Å²) < 4.78 is 34.5. The van der Waals surface area contributed by atoms with Crippen LogP contribution in [0.3, 0.4) is 0 Å². The molecule has 162 valence electrons. The van der Waals surface area contributed by atoms with Crippen LogP contribution in [0.5, 0.6) is 11.5 Å². The second kappa shape index (κ2) is 11.3. The summed E-state index contributed by atoms with van der Waals surface area (Å²) in [5.74, 6) is -0.386. The van der Waals surface area contributed by atoms with Gasteiger partial charge in [-0.3, -0.25) is 9.59 Å². The minimum absolute atomic E-state index is 0.0452. The van der Waals surface area contributed by atoms with Crippen LogP contribution < -0.4 is 20.1 Å². The number of nitrogens with one attached hydrogen (secondary N) is 2. The second-order valence-electron chi connectivity index (χ2n) is 6.47. The highest BCUT2D eigenvalue weighted by atomic mass is 35.5. The molecular weight excluding hydrogens is 418 g/mol. The first-order chi connectivity index (χ1) is 14.3. The van der Waals surface area contributed by atoms with Crippen molar-refractivity contribution in [1.82, 2.24) is 10.6 Å². The summed E-state index contributed by atoms with van der Waals surface area (Å²) in [7, 11) is 1.36. The fourth-order valence-electron chi connectivity index (χ4n) is 2.86. The van der Waals surface area contributed by atoms with Crippen molar-refractivity contribution in [1.29, 1.82) is 0 Å². The van der Waals surface area contributed by atoms with E-state index in [0.717, 1.165) is 5.56 Å². The first kappa shape index (κ1) is 23.4. The summed E-state index contributed by atoms with van der Waals surface area (Å²) in [5.41, 5.74) is 1.46. The first-order valence-electron chi connectivity index (χ1n) is 9.19. The predicted molar refractivity (Wildman–Crippen MR) is 109 cm³/mol. The van der Waals surface area contributed by atoms with Gasteiger partial charge in [-0.15, -0.1) is 0 Å².